The number of halogens is 1. The molecule has 1 aromatic rings. The van der Waals surface area contributed by atoms with Crippen LogP contribution in [0.15, 0.2) is 24.3 Å². The molecule has 2 fully saturated rings. The smallest absolute Gasteiger partial charge is 0.120 e. The van der Waals surface area contributed by atoms with Crippen molar-refractivity contribution in [2.24, 2.45) is 11.8 Å². The first-order chi connectivity index (χ1) is 9.96. The van der Waals surface area contributed by atoms with Crippen LogP contribution in [0.2, 0.25) is 0 Å². The van der Waals surface area contributed by atoms with E-state index in [9.17, 15) is 0 Å². The molecule has 0 aromatic heterocycles. The van der Waals surface area contributed by atoms with Crippen LogP contribution < -0.4 is 4.74 Å². The Morgan fingerprint density at radius 2 is 1.90 bits per heavy atom. The lowest BCUT2D eigenvalue weighted by atomic mass is 9.65. The molecule has 0 saturated heterocycles. The molecule has 0 radical (unpaired) electrons. The Kier molecular flexibility index (Phi) is 4.23. The molecule has 0 aliphatic heterocycles. The van der Waals surface area contributed by atoms with Crippen molar-refractivity contribution in [2.45, 2.75) is 69.8 Å². The number of hydrogen-bond acceptors (Lipinski definition) is 1. The zero-order chi connectivity index (χ0) is 15.0. The van der Waals surface area contributed by atoms with Crippen molar-refractivity contribution >= 4 is 11.6 Å². The van der Waals surface area contributed by atoms with Crippen LogP contribution in [-0.2, 0) is 5.41 Å². The third-order valence-electron chi connectivity index (χ3n) is 5.37. The number of hydrogen-bond donors (Lipinski definition) is 0. The summed E-state index contributed by atoms with van der Waals surface area (Å²) < 4.78 is 5.96. The van der Waals surface area contributed by atoms with Crippen molar-refractivity contribution in [3.8, 4) is 5.75 Å². The van der Waals surface area contributed by atoms with E-state index in [0.717, 1.165) is 18.1 Å². The van der Waals surface area contributed by atoms with Gasteiger partial charge in [-0.15, -0.1) is 11.6 Å². The normalized spacial score (nSPS) is 30.2. The number of ether oxygens (including phenoxy) is 1. The van der Waals surface area contributed by atoms with Gasteiger partial charge in [-0.05, 0) is 60.6 Å². The quantitative estimate of drug-likeness (QED) is 0.663. The molecule has 0 heterocycles. The van der Waals surface area contributed by atoms with Gasteiger partial charge >= 0.3 is 0 Å². The molecule has 3 unspecified atom stereocenters. The summed E-state index contributed by atoms with van der Waals surface area (Å²) in [5.74, 6) is 2.34. The lowest BCUT2D eigenvalue weighted by Crippen LogP contribution is -2.38. The van der Waals surface area contributed by atoms with Gasteiger partial charge in [0.1, 0.15) is 5.75 Å². The van der Waals surface area contributed by atoms with E-state index in [-0.39, 0.29) is 10.8 Å². The largest absolute Gasteiger partial charge is 0.490 e. The molecule has 0 bridgehead atoms. The van der Waals surface area contributed by atoms with Gasteiger partial charge in [0.05, 0.1) is 6.10 Å². The van der Waals surface area contributed by atoms with E-state index < -0.39 is 0 Å². The summed E-state index contributed by atoms with van der Waals surface area (Å²) in [6.07, 6.45) is 6.55. The van der Waals surface area contributed by atoms with Gasteiger partial charge in [-0.3, -0.25) is 0 Å². The van der Waals surface area contributed by atoms with Gasteiger partial charge in [0.15, 0.2) is 0 Å². The molecule has 2 saturated carbocycles. The van der Waals surface area contributed by atoms with E-state index in [2.05, 4.69) is 45.0 Å². The second-order valence-corrected chi connectivity index (χ2v) is 8.17. The maximum atomic E-state index is 6.71. The molecule has 116 valence electrons. The van der Waals surface area contributed by atoms with E-state index in [4.69, 9.17) is 16.3 Å². The Morgan fingerprint density at radius 1 is 1.14 bits per heavy atom. The third-order valence-corrected chi connectivity index (χ3v) is 5.85. The van der Waals surface area contributed by atoms with Crippen molar-refractivity contribution in [3.63, 3.8) is 0 Å². The standard InChI is InChI=1S/C19H27ClO/c1-13-7-10-17(18(20)11-13)19(2,3)14-5-4-6-16(12-14)21-15-8-9-15/h4-6,12-13,15,17-18H,7-11H2,1-3H3. The predicted molar refractivity (Wildman–Crippen MR) is 89.3 cm³/mol. The summed E-state index contributed by atoms with van der Waals surface area (Å²) in [5.41, 5.74) is 1.47. The average molecular weight is 307 g/mol. The highest BCUT2D eigenvalue weighted by Gasteiger charge is 2.39. The highest BCUT2D eigenvalue weighted by molar-refractivity contribution is 6.20. The molecule has 0 spiro atoms. The van der Waals surface area contributed by atoms with Crippen LogP contribution in [-0.4, -0.2) is 11.5 Å². The molecule has 0 N–H and O–H groups in total. The second kappa shape index (κ2) is 5.83. The highest BCUT2D eigenvalue weighted by Crippen LogP contribution is 2.45. The van der Waals surface area contributed by atoms with Crippen LogP contribution in [0.5, 0.6) is 5.75 Å². The predicted octanol–water partition coefficient (Wildman–Crippen LogP) is 5.55. The minimum atomic E-state index is 0.107. The molecule has 2 aliphatic carbocycles. The summed E-state index contributed by atoms with van der Waals surface area (Å²) in [7, 11) is 0. The number of alkyl halides is 1. The maximum Gasteiger partial charge on any atom is 0.120 e. The van der Waals surface area contributed by atoms with E-state index >= 15 is 0 Å². The third kappa shape index (κ3) is 3.39. The van der Waals surface area contributed by atoms with E-state index in [0.29, 0.717) is 12.0 Å². The zero-order valence-electron chi connectivity index (χ0n) is 13.4. The Labute approximate surface area is 134 Å². The van der Waals surface area contributed by atoms with E-state index in [1.807, 2.05) is 0 Å². The lowest BCUT2D eigenvalue weighted by molar-refractivity contribution is 0.207. The summed E-state index contributed by atoms with van der Waals surface area (Å²) in [5, 5.41) is 0.289. The maximum absolute atomic E-state index is 6.71. The summed E-state index contributed by atoms with van der Waals surface area (Å²) in [6.45, 7) is 7.02. The molecule has 3 rings (SSSR count). The Hall–Kier alpha value is -0.690. The molecule has 21 heavy (non-hydrogen) atoms. The minimum absolute atomic E-state index is 0.107. The van der Waals surface area contributed by atoms with Gasteiger partial charge in [0.25, 0.3) is 0 Å². The summed E-state index contributed by atoms with van der Waals surface area (Å²) >= 11 is 6.71. The monoisotopic (exact) mass is 306 g/mol. The van der Waals surface area contributed by atoms with Gasteiger partial charge in [-0.1, -0.05) is 39.3 Å². The zero-order valence-corrected chi connectivity index (χ0v) is 14.2. The first-order valence-corrected chi connectivity index (χ1v) is 8.81. The molecular formula is C19H27ClO. The van der Waals surface area contributed by atoms with Crippen LogP contribution in [0.25, 0.3) is 0 Å². The first-order valence-electron chi connectivity index (χ1n) is 8.38. The number of rotatable bonds is 4. The van der Waals surface area contributed by atoms with Gasteiger partial charge in [-0.25, -0.2) is 0 Å². The van der Waals surface area contributed by atoms with Crippen LogP contribution in [0.1, 0.15) is 58.4 Å². The number of benzene rings is 1. The Morgan fingerprint density at radius 3 is 2.57 bits per heavy atom. The molecule has 0 amide bonds. The van der Waals surface area contributed by atoms with Crippen molar-refractivity contribution in [1.29, 1.82) is 0 Å². The highest BCUT2D eigenvalue weighted by atomic mass is 35.5. The van der Waals surface area contributed by atoms with Crippen molar-refractivity contribution in [2.75, 3.05) is 0 Å². The Bertz CT molecular complexity index is 492. The van der Waals surface area contributed by atoms with Gasteiger partial charge in [-0.2, -0.15) is 0 Å². The molecule has 1 aromatic carbocycles. The van der Waals surface area contributed by atoms with E-state index in [1.165, 1.54) is 31.2 Å². The van der Waals surface area contributed by atoms with Gasteiger partial charge < -0.3 is 4.74 Å². The minimum Gasteiger partial charge on any atom is -0.490 e. The van der Waals surface area contributed by atoms with Crippen molar-refractivity contribution in [1.82, 2.24) is 0 Å². The molecule has 3 atom stereocenters. The fourth-order valence-electron chi connectivity index (χ4n) is 3.69. The van der Waals surface area contributed by atoms with Crippen molar-refractivity contribution < 1.29 is 4.74 Å². The summed E-state index contributed by atoms with van der Waals surface area (Å²) in [6, 6.07) is 8.68. The molecule has 1 nitrogen and oxygen atoms in total. The lowest BCUT2D eigenvalue weighted by Gasteiger charge is -2.42. The fraction of sp³-hybridized carbons (Fsp3) is 0.684. The Balaban J connectivity index is 1.79. The SMILES string of the molecule is CC1CCC(C(C)(C)c2cccc(OC3CC3)c2)C(Cl)C1. The first kappa shape index (κ1) is 15.2. The van der Waals surface area contributed by atoms with Crippen LogP contribution in [0.4, 0.5) is 0 Å². The topological polar surface area (TPSA) is 9.23 Å². The fourth-order valence-corrected chi connectivity index (χ4v) is 4.43. The van der Waals surface area contributed by atoms with Crippen molar-refractivity contribution in [3.05, 3.63) is 29.8 Å². The average Bonchev–Trinajstić information content (AvgIpc) is 3.22. The van der Waals surface area contributed by atoms with Crippen LogP contribution in [0.3, 0.4) is 0 Å². The van der Waals surface area contributed by atoms with E-state index in [1.54, 1.807) is 0 Å². The second-order valence-electron chi connectivity index (χ2n) is 7.61. The van der Waals surface area contributed by atoms with Crippen LogP contribution in [0, 0.1) is 11.8 Å². The summed E-state index contributed by atoms with van der Waals surface area (Å²) in [4.78, 5) is 0. The van der Waals surface area contributed by atoms with Crippen LogP contribution >= 0.6 is 11.6 Å². The molecule has 2 aliphatic rings. The molecular weight excluding hydrogens is 280 g/mol. The van der Waals surface area contributed by atoms with Gasteiger partial charge in [0, 0.05) is 5.38 Å². The molecule has 2 heteroatoms. The van der Waals surface area contributed by atoms with Gasteiger partial charge in [0.2, 0.25) is 0 Å².